The first-order valence-corrected chi connectivity index (χ1v) is 11.1. The van der Waals surface area contributed by atoms with Gasteiger partial charge in [0, 0.05) is 41.9 Å². The maximum absolute atomic E-state index is 13.5. The summed E-state index contributed by atoms with van der Waals surface area (Å²) in [5.74, 6) is 0.820. The third-order valence-electron chi connectivity index (χ3n) is 4.90. The number of thiophene rings is 2. The van der Waals surface area contributed by atoms with E-state index in [9.17, 15) is 4.79 Å². The topological polar surface area (TPSA) is 47.4 Å². The summed E-state index contributed by atoms with van der Waals surface area (Å²) in [7, 11) is 1.68. The van der Waals surface area contributed by atoms with Crippen molar-refractivity contribution >= 4 is 32.9 Å². The number of methoxy groups -OCH3 is 1. The van der Waals surface area contributed by atoms with Gasteiger partial charge in [0.1, 0.15) is 10.7 Å². The van der Waals surface area contributed by atoms with Crippen LogP contribution < -0.4 is 5.56 Å². The Morgan fingerprint density at radius 2 is 2.07 bits per heavy atom. The summed E-state index contributed by atoms with van der Waals surface area (Å²) >= 11 is 3.28. The van der Waals surface area contributed by atoms with Crippen LogP contribution in [-0.2, 0) is 17.7 Å². The van der Waals surface area contributed by atoms with Crippen LogP contribution >= 0.6 is 22.7 Å². The van der Waals surface area contributed by atoms with E-state index in [1.165, 1.54) is 0 Å². The molecular weight excluding hydrogens is 378 g/mol. The molecule has 0 spiro atoms. The zero-order chi connectivity index (χ0) is 19.4. The fraction of sp³-hybridized carbons (Fsp3) is 0.500. The first-order valence-electron chi connectivity index (χ1n) is 9.38. The van der Waals surface area contributed by atoms with Crippen molar-refractivity contribution in [2.24, 2.45) is 0 Å². The second-order valence-electron chi connectivity index (χ2n) is 6.45. The van der Waals surface area contributed by atoms with Gasteiger partial charge in [0.2, 0.25) is 0 Å². The molecule has 0 aliphatic rings. The molecule has 0 bridgehead atoms. The van der Waals surface area contributed by atoms with E-state index in [1.807, 2.05) is 10.6 Å². The highest BCUT2D eigenvalue weighted by atomic mass is 32.1. The number of hydrogen-bond acceptors (Lipinski definition) is 6. The second-order valence-corrected chi connectivity index (χ2v) is 8.60. The van der Waals surface area contributed by atoms with E-state index in [2.05, 4.69) is 37.1 Å². The van der Waals surface area contributed by atoms with E-state index in [0.717, 1.165) is 51.0 Å². The number of ether oxygens (including phenoxy) is 1. The van der Waals surface area contributed by atoms with Crippen molar-refractivity contribution in [1.29, 1.82) is 0 Å². The quantitative estimate of drug-likeness (QED) is 0.539. The molecule has 146 valence electrons. The summed E-state index contributed by atoms with van der Waals surface area (Å²) in [6.07, 6.45) is 0.644. The van der Waals surface area contributed by atoms with Crippen LogP contribution in [0.4, 0.5) is 0 Å². The predicted molar refractivity (Wildman–Crippen MR) is 115 cm³/mol. The Morgan fingerprint density at radius 3 is 2.70 bits per heavy atom. The third-order valence-corrected chi connectivity index (χ3v) is 6.78. The summed E-state index contributed by atoms with van der Waals surface area (Å²) in [4.78, 5) is 23.8. The van der Waals surface area contributed by atoms with Gasteiger partial charge in [-0.3, -0.25) is 9.36 Å². The van der Waals surface area contributed by atoms with Gasteiger partial charge in [0.05, 0.1) is 12.0 Å². The van der Waals surface area contributed by atoms with Crippen LogP contribution in [0.25, 0.3) is 20.7 Å². The highest BCUT2D eigenvalue weighted by Gasteiger charge is 2.20. The van der Waals surface area contributed by atoms with Crippen molar-refractivity contribution in [3.8, 4) is 10.4 Å². The molecule has 0 saturated heterocycles. The maximum atomic E-state index is 13.5. The smallest absolute Gasteiger partial charge is 0.262 e. The van der Waals surface area contributed by atoms with Gasteiger partial charge in [-0.25, -0.2) is 4.98 Å². The van der Waals surface area contributed by atoms with Crippen molar-refractivity contribution < 1.29 is 4.74 Å². The highest BCUT2D eigenvalue weighted by molar-refractivity contribution is 7.20. The van der Waals surface area contributed by atoms with Crippen molar-refractivity contribution in [2.75, 3.05) is 33.4 Å². The Kier molecular flexibility index (Phi) is 6.81. The van der Waals surface area contributed by atoms with Gasteiger partial charge in [0.15, 0.2) is 0 Å². The molecule has 0 saturated carbocycles. The molecular formula is C20H27N3O2S2. The molecule has 0 amide bonds. The van der Waals surface area contributed by atoms with Gasteiger partial charge in [-0.15, -0.1) is 22.7 Å². The Balaban J connectivity index is 2.13. The number of aromatic nitrogens is 2. The average Bonchev–Trinajstić information content (AvgIpc) is 3.29. The van der Waals surface area contributed by atoms with Gasteiger partial charge in [0.25, 0.3) is 5.56 Å². The van der Waals surface area contributed by atoms with Crippen LogP contribution in [0.3, 0.4) is 0 Å². The van der Waals surface area contributed by atoms with E-state index >= 15 is 0 Å². The van der Waals surface area contributed by atoms with Gasteiger partial charge >= 0.3 is 0 Å². The van der Waals surface area contributed by atoms with E-state index in [0.29, 0.717) is 19.6 Å². The molecule has 0 aromatic carbocycles. The number of hydrogen-bond donors (Lipinski definition) is 0. The summed E-state index contributed by atoms with van der Waals surface area (Å²) in [6, 6.07) is 4.11. The number of nitrogens with zero attached hydrogens (tertiary/aromatic N) is 3. The lowest BCUT2D eigenvalue weighted by molar-refractivity contribution is 0.198. The van der Waals surface area contributed by atoms with E-state index in [-0.39, 0.29) is 5.56 Å². The van der Waals surface area contributed by atoms with Gasteiger partial charge in [-0.05, 0) is 31.5 Å². The fourth-order valence-corrected chi connectivity index (χ4v) is 5.30. The first kappa shape index (κ1) is 20.2. The highest BCUT2D eigenvalue weighted by Crippen LogP contribution is 2.37. The van der Waals surface area contributed by atoms with Crippen molar-refractivity contribution in [3.05, 3.63) is 38.6 Å². The third kappa shape index (κ3) is 4.16. The van der Waals surface area contributed by atoms with Crippen LogP contribution in [0.5, 0.6) is 0 Å². The standard InChI is InChI=1S/C20H27N3O2S2/c1-5-22(6-2)10-11-23-16(9-12-25-4)21-19-18(20(23)24)17(14(3)27-19)15-8-7-13-26-15/h7-8,13H,5-6,9-12H2,1-4H3. The predicted octanol–water partition coefficient (Wildman–Crippen LogP) is 4.03. The first-order chi connectivity index (χ1) is 13.1. The van der Waals surface area contributed by atoms with Gasteiger partial charge in [-0.1, -0.05) is 19.9 Å². The Labute approximate surface area is 168 Å². The molecule has 27 heavy (non-hydrogen) atoms. The maximum Gasteiger partial charge on any atom is 0.262 e. The van der Waals surface area contributed by atoms with Crippen LogP contribution in [0.1, 0.15) is 24.5 Å². The number of fused-ring (bicyclic) bond motifs is 1. The van der Waals surface area contributed by atoms with Crippen molar-refractivity contribution in [1.82, 2.24) is 14.5 Å². The minimum absolute atomic E-state index is 0.0750. The zero-order valence-electron chi connectivity index (χ0n) is 16.4. The second kappa shape index (κ2) is 9.10. The molecule has 3 heterocycles. The van der Waals surface area contributed by atoms with Crippen LogP contribution in [0.15, 0.2) is 22.3 Å². The lowest BCUT2D eigenvalue weighted by Crippen LogP contribution is -2.33. The zero-order valence-corrected chi connectivity index (χ0v) is 18.1. The summed E-state index contributed by atoms with van der Waals surface area (Å²) < 4.78 is 7.11. The molecule has 5 nitrogen and oxygen atoms in total. The minimum Gasteiger partial charge on any atom is -0.384 e. The summed E-state index contributed by atoms with van der Waals surface area (Å²) in [5.41, 5.74) is 1.13. The number of likely N-dealkylation sites (N-methyl/N-ethyl adjacent to an activating group) is 1. The summed E-state index contributed by atoms with van der Waals surface area (Å²) in [6.45, 7) is 10.4. The molecule has 3 aromatic heterocycles. The lowest BCUT2D eigenvalue weighted by Gasteiger charge is -2.20. The van der Waals surface area contributed by atoms with Crippen molar-refractivity contribution in [3.63, 3.8) is 0 Å². The molecule has 0 fully saturated rings. The van der Waals surface area contributed by atoms with Gasteiger partial charge < -0.3 is 9.64 Å². The average molecular weight is 406 g/mol. The molecule has 0 unspecified atom stereocenters. The molecule has 0 N–H and O–H groups in total. The molecule has 0 atom stereocenters. The number of rotatable bonds is 9. The minimum atomic E-state index is 0.0750. The largest absolute Gasteiger partial charge is 0.384 e. The SMILES string of the molecule is CCN(CC)CCn1c(CCOC)nc2sc(C)c(-c3cccs3)c2c1=O. The Bertz CT molecular complexity index is 940. The van der Waals surface area contributed by atoms with Crippen LogP contribution in [0.2, 0.25) is 0 Å². The monoisotopic (exact) mass is 405 g/mol. The van der Waals surface area contributed by atoms with Crippen LogP contribution in [0, 0.1) is 6.92 Å². The normalized spacial score (nSPS) is 11.7. The molecule has 0 radical (unpaired) electrons. The molecule has 3 rings (SSSR count). The molecule has 3 aromatic rings. The summed E-state index contributed by atoms with van der Waals surface area (Å²) in [5, 5.41) is 2.82. The molecule has 7 heteroatoms. The number of aryl methyl sites for hydroxylation is 1. The Morgan fingerprint density at radius 1 is 1.30 bits per heavy atom. The fourth-order valence-electron chi connectivity index (χ4n) is 3.35. The molecule has 0 aliphatic heterocycles. The van der Waals surface area contributed by atoms with E-state index in [1.54, 1.807) is 29.8 Å². The molecule has 0 aliphatic carbocycles. The van der Waals surface area contributed by atoms with E-state index < -0.39 is 0 Å². The lowest BCUT2D eigenvalue weighted by atomic mass is 10.1. The van der Waals surface area contributed by atoms with Crippen molar-refractivity contribution in [2.45, 2.75) is 33.7 Å². The van der Waals surface area contributed by atoms with E-state index in [4.69, 9.17) is 9.72 Å². The van der Waals surface area contributed by atoms with Gasteiger partial charge in [-0.2, -0.15) is 0 Å². The van der Waals surface area contributed by atoms with Crippen LogP contribution in [-0.4, -0.2) is 47.8 Å². The Hall–Kier alpha value is -1.54.